The van der Waals surface area contributed by atoms with Gasteiger partial charge in [0.15, 0.2) is 0 Å². The monoisotopic (exact) mass is 406 g/mol. The van der Waals surface area contributed by atoms with Crippen LogP contribution in [0.1, 0.15) is 6.42 Å². The topological polar surface area (TPSA) is 27.1 Å². The lowest BCUT2D eigenvalue weighted by molar-refractivity contribution is 0.303. The predicted octanol–water partition coefficient (Wildman–Crippen LogP) is 5.93. The van der Waals surface area contributed by atoms with Crippen molar-refractivity contribution in [1.82, 2.24) is 9.55 Å². The summed E-state index contributed by atoms with van der Waals surface area (Å²) in [7, 11) is 0. The zero-order valence-electron chi connectivity index (χ0n) is 14.3. The molecule has 130 valence electrons. The molecule has 0 saturated heterocycles. The first-order valence-corrected chi connectivity index (χ1v) is 9.49. The first-order valence-electron chi connectivity index (χ1n) is 8.70. The molecule has 26 heavy (non-hydrogen) atoms. The number of fused-ring (bicyclic) bond motifs is 1. The molecule has 0 atom stereocenters. The molecule has 1 aromatic heterocycles. The lowest BCUT2D eigenvalue weighted by atomic mass is 10.2. The second-order valence-corrected chi connectivity index (χ2v) is 7.01. The minimum Gasteiger partial charge on any atom is -0.494 e. The molecule has 0 bridgehead atoms. The van der Waals surface area contributed by atoms with Crippen molar-refractivity contribution in [1.29, 1.82) is 0 Å². The number of nitrogens with zero attached hydrogens (tertiary/aromatic N) is 2. The number of aromatic nitrogens is 2. The Morgan fingerprint density at radius 1 is 0.846 bits per heavy atom. The smallest absolute Gasteiger partial charge is 0.141 e. The summed E-state index contributed by atoms with van der Waals surface area (Å²) in [4.78, 5) is 4.86. The van der Waals surface area contributed by atoms with Gasteiger partial charge in [-0.3, -0.25) is 0 Å². The van der Waals surface area contributed by atoms with Crippen LogP contribution in [0.3, 0.4) is 0 Å². The first-order chi connectivity index (χ1) is 12.8. The van der Waals surface area contributed by atoms with Crippen molar-refractivity contribution in [3.63, 3.8) is 0 Å². The fourth-order valence-corrected chi connectivity index (χ4v) is 3.31. The van der Waals surface area contributed by atoms with Crippen LogP contribution in [-0.2, 0) is 6.54 Å². The van der Waals surface area contributed by atoms with Crippen molar-refractivity contribution in [2.24, 2.45) is 0 Å². The Kier molecular flexibility index (Phi) is 5.02. The number of ether oxygens (including phenoxy) is 1. The van der Waals surface area contributed by atoms with Gasteiger partial charge in [-0.1, -0.05) is 58.4 Å². The minimum absolute atomic E-state index is 0.677. The Hall–Kier alpha value is -2.59. The van der Waals surface area contributed by atoms with E-state index < -0.39 is 0 Å². The first kappa shape index (κ1) is 16.9. The van der Waals surface area contributed by atoms with E-state index in [0.717, 1.165) is 45.6 Å². The normalized spacial score (nSPS) is 11.0. The highest BCUT2D eigenvalue weighted by molar-refractivity contribution is 9.10. The van der Waals surface area contributed by atoms with Crippen LogP contribution in [-0.4, -0.2) is 16.2 Å². The predicted molar refractivity (Wildman–Crippen MR) is 109 cm³/mol. The van der Waals surface area contributed by atoms with Gasteiger partial charge in [0.1, 0.15) is 11.6 Å². The molecule has 3 aromatic carbocycles. The summed E-state index contributed by atoms with van der Waals surface area (Å²) in [6.07, 6.45) is 0.915. The molecular weight excluding hydrogens is 388 g/mol. The average Bonchev–Trinajstić information content (AvgIpc) is 3.05. The third kappa shape index (κ3) is 3.65. The van der Waals surface area contributed by atoms with Crippen LogP contribution in [0.15, 0.2) is 83.3 Å². The number of para-hydroxylation sites is 3. The second-order valence-electron chi connectivity index (χ2n) is 6.10. The van der Waals surface area contributed by atoms with Gasteiger partial charge in [-0.2, -0.15) is 0 Å². The molecule has 0 amide bonds. The van der Waals surface area contributed by atoms with E-state index in [1.54, 1.807) is 0 Å². The number of hydrogen-bond acceptors (Lipinski definition) is 2. The van der Waals surface area contributed by atoms with Crippen molar-refractivity contribution >= 4 is 27.0 Å². The van der Waals surface area contributed by atoms with E-state index in [-0.39, 0.29) is 0 Å². The van der Waals surface area contributed by atoms with Gasteiger partial charge in [0.05, 0.1) is 17.6 Å². The van der Waals surface area contributed by atoms with Crippen LogP contribution in [0, 0.1) is 0 Å². The number of aryl methyl sites for hydroxylation is 1. The molecule has 0 saturated carbocycles. The van der Waals surface area contributed by atoms with Gasteiger partial charge in [0, 0.05) is 16.6 Å². The van der Waals surface area contributed by atoms with E-state index in [9.17, 15) is 0 Å². The largest absolute Gasteiger partial charge is 0.494 e. The summed E-state index contributed by atoms with van der Waals surface area (Å²) >= 11 is 3.50. The highest BCUT2D eigenvalue weighted by Gasteiger charge is 2.12. The summed E-state index contributed by atoms with van der Waals surface area (Å²) < 4.78 is 9.19. The minimum atomic E-state index is 0.677. The Bertz CT molecular complexity index is 994. The summed E-state index contributed by atoms with van der Waals surface area (Å²) in [5, 5.41) is 0. The lowest BCUT2D eigenvalue weighted by Crippen LogP contribution is -2.06. The summed E-state index contributed by atoms with van der Waals surface area (Å²) in [6.45, 7) is 1.54. The SMILES string of the molecule is Brc1ccc(-c2nc3ccccc3n2CCCOc2ccccc2)cc1. The molecule has 0 aliphatic carbocycles. The molecule has 4 heteroatoms. The molecule has 0 aliphatic rings. The lowest BCUT2D eigenvalue weighted by Gasteiger charge is -2.10. The van der Waals surface area contributed by atoms with Gasteiger partial charge in [-0.05, 0) is 42.8 Å². The highest BCUT2D eigenvalue weighted by Crippen LogP contribution is 2.26. The van der Waals surface area contributed by atoms with Crippen LogP contribution in [0.25, 0.3) is 22.4 Å². The molecule has 3 nitrogen and oxygen atoms in total. The van der Waals surface area contributed by atoms with E-state index >= 15 is 0 Å². The molecule has 1 heterocycles. The van der Waals surface area contributed by atoms with Crippen LogP contribution in [0.2, 0.25) is 0 Å². The number of rotatable bonds is 6. The average molecular weight is 407 g/mol. The summed E-state index contributed by atoms with van der Waals surface area (Å²) in [5.74, 6) is 1.91. The molecule has 4 aromatic rings. The van der Waals surface area contributed by atoms with Gasteiger partial charge < -0.3 is 9.30 Å². The van der Waals surface area contributed by atoms with Gasteiger partial charge in [0.2, 0.25) is 0 Å². The summed E-state index contributed by atoms with van der Waals surface area (Å²) in [6, 6.07) is 26.5. The van der Waals surface area contributed by atoms with Crippen LogP contribution in [0.4, 0.5) is 0 Å². The van der Waals surface area contributed by atoms with Crippen molar-refractivity contribution in [3.8, 4) is 17.1 Å². The van der Waals surface area contributed by atoms with E-state index in [1.807, 2.05) is 36.4 Å². The van der Waals surface area contributed by atoms with Crippen LogP contribution >= 0.6 is 15.9 Å². The quantitative estimate of drug-likeness (QED) is 0.370. The van der Waals surface area contributed by atoms with Crippen LogP contribution in [0.5, 0.6) is 5.75 Å². The number of imidazole rings is 1. The molecule has 0 fully saturated rings. The molecule has 0 radical (unpaired) electrons. The number of halogens is 1. The maximum atomic E-state index is 5.84. The van der Waals surface area contributed by atoms with E-state index in [2.05, 4.69) is 63.0 Å². The summed E-state index contributed by atoms with van der Waals surface area (Å²) in [5.41, 5.74) is 3.30. The van der Waals surface area contributed by atoms with Crippen molar-refractivity contribution in [2.45, 2.75) is 13.0 Å². The van der Waals surface area contributed by atoms with Crippen LogP contribution < -0.4 is 4.74 Å². The van der Waals surface area contributed by atoms with E-state index in [1.165, 1.54) is 0 Å². The Balaban J connectivity index is 1.56. The van der Waals surface area contributed by atoms with Gasteiger partial charge in [-0.25, -0.2) is 4.98 Å². The molecular formula is C22H19BrN2O. The zero-order chi connectivity index (χ0) is 17.8. The zero-order valence-corrected chi connectivity index (χ0v) is 15.9. The maximum Gasteiger partial charge on any atom is 0.141 e. The second kappa shape index (κ2) is 7.75. The Morgan fingerprint density at radius 3 is 2.38 bits per heavy atom. The number of hydrogen-bond donors (Lipinski definition) is 0. The highest BCUT2D eigenvalue weighted by atomic mass is 79.9. The molecule has 0 spiro atoms. The van der Waals surface area contributed by atoms with Crippen molar-refractivity contribution in [3.05, 3.63) is 83.3 Å². The van der Waals surface area contributed by atoms with Gasteiger partial charge in [0.25, 0.3) is 0 Å². The molecule has 0 N–H and O–H groups in total. The third-order valence-electron chi connectivity index (χ3n) is 4.29. The molecule has 0 unspecified atom stereocenters. The fraction of sp³-hybridized carbons (Fsp3) is 0.136. The van der Waals surface area contributed by atoms with E-state index in [4.69, 9.17) is 9.72 Å². The van der Waals surface area contributed by atoms with Gasteiger partial charge >= 0.3 is 0 Å². The number of benzene rings is 3. The Morgan fingerprint density at radius 2 is 1.58 bits per heavy atom. The van der Waals surface area contributed by atoms with Gasteiger partial charge in [-0.15, -0.1) is 0 Å². The van der Waals surface area contributed by atoms with E-state index in [0.29, 0.717) is 6.61 Å². The maximum absolute atomic E-state index is 5.84. The van der Waals surface area contributed by atoms with Crippen molar-refractivity contribution < 1.29 is 4.74 Å². The molecule has 4 rings (SSSR count). The fourth-order valence-electron chi connectivity index (χ4n) is 3.05. The Labute approximate surface area is 161 Å². The third-order valence-corrected chi connectivity index (χ3v) is 4.82. The molecule has 0 aliphatic heterocycles. The van der Waals surface area contributed by atoms with Crippen molar-refractivity contribution in [2.75, 3.05) is 6.61 Å². The standard InChI is InChI=1S/C22H19BrN2O/c23-18-13-11-17(12-14-18)22-24-20-9-4-5-10-21(20)25(22)15-6-16-26-19-7-2-1-3-8-19/h1-5,7-14H,6,15-16H2.